The van der Waals surface area contributed by atoms with Gasteiger partial charge in [0.05, 0.1) is 19.3 Å². The van der Waals surface area contributed by atoms with Crippen LogP contribution >= 0.6 is 7.60 Å². The molecule has 10 heteroatoms. The van der Waals surface area contributed by atoms with Crippen LogP contribution in [0.3, 0.4) is 0 Å². The Morgan fingerprint density at radius 2 is 2.04 bits per heavy atom. The maximum atomic E-state index is 12.4. The molecule has 0 saturated carbocycles. The lowest BCUT2D eigenvalue weighted by Crippen LogP contribution is -2.33. The number of aliphatic hydroxyl groups is 1. The molecule has 1 unspecified atom stereocenters. The number of hydrogen-bond donors (Lipinski definition) is 2. The average Bonchev–Trinajstić information content (AvgIpc) is 2.90. The summed E-state index contributed by atoms with van der Waals surface area (Å²) in [5, 5.41) is 10.2. The topological polar surface area (TPSA) is 120 Å². The van der Waals surface area contributed by atoms with Crippen LogP contribution in [0.2, 0.25) is 0 Å². The van der Waals surface area contributed by atoms with Crippen LogP contribution in [0.15, 0.2) is 27.7 Å². The molecule has 1 fully saturated rings. The zero-order chi connectivity index (χ0) is 18.6. The van der Waals surface area contributed by atoms with Crippen molar-refractivity contribution >= 4 is 7.60 Å². The second kappa shape index (κ2) is 8.25. The van der Waals surface area contributed by atoms with E-state index in [1.807, 2.05) is 0 Å². The number of hydrogen-bond acceptors (Lipinski definition) is 7. The Balaban J connectivity index is 2.17. The first kappa shape index (κ1) is 19.8. The first-order valence-electron chi connectivity index (χ1n) is 8.03. The number of H-pyrrole nitrogens is 1. The second-order valence-electron chi connectivity index (χ2n) is 5.55. The van der Waals surface area contributed by atoms with Gasteiger partial charge in [-0.2, -0.15) is 0 Å². The Morgan fingerprint density at radius 1 is 1.40 bits per heavy atom. The summed E-state index contributed by atoms with van der Waals surface area (Å²) >= 11 is 0. The Labute approximate surface area is 144 Å². The molecule has 140 valence electrons. The maximum absolute atomic E-state index is 12.4. The van der Waals surface area contributed by atoms with Crippen molar-refractivity contribution in [2.24, 2.45) is 0 Å². The predicted octanol–water partition coefficient (Wildman–Crippen LogP) is 1.27. The van der Waals surface area contributed by atoms with Gasteiger partial charge in [0.2, 0.25) is 0 Å². The molecule has 0 aliphatic carbocycles. The quantitative estimate of drug-likeness (QED) is 0.690. The van der Waals surface area contributed by atoms with E-state index in [2.05, 4.69) is 4.98 Å². The molecule has 1 aliphatic rings. The standard InChI is InChI=1S/C15H23N2O7P/c1-4-22-25(21,23-5-2)7-6-12-11(18)8-13(24-12)17-9-10(3)14(19)16-15(17)20/h6-7,9,11-13,18H,4-5,8H2,1-3H3,(H,16,19,20)/b7-6+/t11-,12?,13-/m1/s1. The highest BCUT2D eigenvalue weighted by Crippen LogP contribution is 2.50. The number of nitrogens with one attached hydrogen (secondary N) is 1. The van der Waals surface area contributed by atoms with Crippen LogP contribution in [0, 0.1) is 6.92 Å². The SMILES string of the molecule is CCOP(=O)(/C=C/C1O[C@@H](n2cc(C)c(=O)[nH]c2=O)C[C@H]1O)OCC. The molecule has 9 nitrogen and oxygen atoms in total. The minimum absolute atomic E-state index is 0.147. The summed E-state index contributed by atoms with van der Waals surface area (Å²) in [6.45, 7) is 5.38. The van der Waals surface area contributed by atoms with Crippen LogP contribution in [0.4, 0.5) is 0 Å². The van der Waals surface area contributed by atoms with Crippen LogP contribution in [0.1, 0.15) is 32.1 Å². The fourth-order valence-corrected chi connectivity index (χ4v) is 3.84. The summed E-state index contributed by atoms with van der Waals surface area (Å²) in [5.41, 5.74) is -0.730. The first-order valence-corrected chi connectivity index (χ1v) is 9.64. The fourth-order valence-electron chi connectivity index (χ4n) is 2.49. The van der Waals surface area contributed by atoms with E-state index in [1.165, 1.54) is 22.7 Å². The van der Waals surface area contributed by atoms with Gasteiger partial charge in [-0.3, -0.25) is 18.9 Å². The third kappa shape index (κ3) is 4.77. The Morgan fingerprint density at radius 3 is 2.64 bits per heavy atom. The van der Waals surface area contributed by atoms with Crippen LogP contribution in [0.5, 0.6) is 0 Å². The monoisotopic (exact) mass is 374 g/mol. The molecule has 0 radical (unpaired) electrons. The van der Waals surface area contributed by atoms with Gasteiger partial charge >= 0.3 is 13.3 Å². The van der Waals surface area contributed by atoms with Crippen molar-refractivity contribution in [2.45, 2.75) is 45.6 Å². The van der Waals surface area contributed by atoms with Crippen molar-refractivity contribution in [3.05, 3.63) is 44.5 Å². The summed E-state index contributed by atoms with van der Waals surface area (Å²) in [5.74, 6) is 1.26. The van der Waals surface area contributed by atoms with Crippen molar-refractivity contribution < 1.29 is 23.5 Å². The molecule has 2 rings (SSSR count). The summed E-state index contributed by atoms with van der Waals surface area (Å²) in [6, 6.07) is 0. The molecular formula is C15H23N2O7P. The van der Waals surface area contributed by atoms with E-state index in [1.54, 1.807) is 20.8 Å². The molecule has 2 heterocycles. The van der Waals surface area contributed by atoms with Gasteiger partial charge in [0, 0.05) is 24.0 Å². The zero-order valence-corrected chi connectivity index (χ0v) is 15.3. The number of aryl methyl sites for hydroxylation is 1. The summed E-state index contributed by atoms with van der Waals surface area (Å²) in [7, 11) is -3.40. The molecule has 0 bridgehead atoms. The Bertz CT molecular complexity index is 775. The Kier molecular flexibility index (Phi) is 6.53. The second-order valence-corrected chi connectivity index (χ2v) is 7.45. The van der Waals surface area contributed by atoms with Gasteiger partial charge in [0.15, 0.2) is 0 Å². The van der Waals surface area contributed by atoms with Gasteiger partial charge in [-0.25, -0.2) is 4.79 Å². The lowest BCUT2D eigenvalue weighted by molar-refractivity contribution is 0.00472. The fraction of sp³-hybridized carbons (Fsp3) is 0.600. The van der Waals surface area contributed by atoms with Crippen molar-refractivity contribution in [1.82, 2.24) is 9.55 Å². The number of ether oxygens (including phenoxy) is 1. The average molecular weight is 374 g/mol. The van der Waals surface area contributed by atoms with Crippen LogP contribution in [-0.2, 0) is 18.3 Å². The van der Waals surface area contributed by atoms with E-state index >= 15 is 0 Å². The molecule has 0 aromatic carbocycles. The molecule has 1 aliphatic heterocycles. The molecule has 1 aromatic rings. The van der Waals surface area contributed by atoms with Crippen LogP contribution in [-0.4, -0.2) is 40.1 Å². The highest BCUT2D eigenvalue weighted by molar-refractivity contribution is 7.57. The molecule has 0 spiro atoms. The maximum Gasteiger partial charge on any atom is 0.353 e. The van der Waals surface area contributed by atoms with E-state index < -0.39 is 37.3 Å². The highest BCUT2D eigenvalue weighted by Gasteiger charge is 2.35. The van der Waals surface area contributed by atoms with Crippen molar-refractivity contribution in [2.75, 3.05) is 13.2 Å². The smallest absolute Gasteiger partial charge is 0.353 e. The van der Waals surface area contributed by atoms with Gasteiger partial charge < -0.3 is 18.9 Å². The van der Waals surface area contributed by atoms with Crippen LogP contribution < -0.4 is 11.2 Å². The summed E-state index contributed by atoms with van der Waals surface area (Å²) in [4.78, 5) is 25.6. The number of aromatic nitrogens is 2. The number of aromatic amines is 1. The van der Waals surface area contributed by atoms with E-state index in [9.17, 15) is 19.3 Å². The molecule has 25 heavy (non-hydrogen) atoms. The van der Waals surface area contributed by atoms with Gasteiger partial charge in [-0.05, 0) is 26.8 Å². The summed E-state index contributed by atoms with van der Waals surface area (Å²) < 4.78 is 29.6. The van der Waals surface area contributed by atoms with Gasteiger partial charge in [-0.15, -0.1) is 0 Å². The van der Waals surface area contributed by atoms with E-state index in [-0.39, 0.29) is 19.6 Å². The minimum Gasteiger partial charge on any atom is -0.390 e. The van der Waals surface area contributed by atoms with Crippen LogP contribution in [0.25, 0.3) is 0 Å². The van der Waals surface area contributed by atoms with E-state index in [4.69, 9.17) is 13.8 Å². The number of rotatable bonds is 7. The molecule has 1 saturated heterocycles. The van der Waals surface area contributed by atoms with Crippen molar-refractivity contribution in [3.63, 3.8) is 0 Å². The van der Waals surface area contributed by atoms with Gasteiger partial charge in [0.1, 0.15) is 12.3 Å². The number of nitrogens with zero attached hydrogens (tertiary/aromatic N) is 1. The van der Waals surface area contributed by atoms with Crippen molar-refractivity contribution in [3.8, 4) is 0 Å². The lowest BCUT2D eigenvalue weighted by Gasteiger charge is -2.16. The number of aliphatic hydroxyl groups excluding tert-OH is 1. The van der Waals surface area contributed by atoms with Gasteiger partial charge in [-0.1, -0.05) is 0 Å². The third-order valence-corrected chi connectivity index (χ3v) is 5.44. The molecular weight excluding hydrogens is 351 g/mol. The largest absolute Gasteiger partial charge is 0.390 e. The third-order valence-electron chi connectivity index (χ3n) is 3.67. The summed E-state index contributed by atoms with van der Waals surface area (Å²) in [6.07, 6.45) is 0.520. The normalized spacial score (nSPS) is 24.2. The van der Waals surface area contributed by atoms with E-state index in [0.29, 0.717) is 5.56 Å². The van der Waals surface area contributed by atoms with Crippen molar-refractivity contribution in [1.29, 1.82) is 0 Å². The first-order chi connectivity index (χ1) is 11.8. The van der Waals surface area contributed by atoms with Gasteiger partial charge in [0.25, 0.3) is 5.56 Å². The highest BCUT2D eigenvalue weighted by atomic mass is 31.2. The lowest BCUT2D eigenvalue weighted by atomic mass is 10.2. The molecule has 1 aromatic heterocycles. The molecule has 3 atom stereocenters. The minimum atomic E-state index is -3.40. The molecule has 2 N–H and O–H groups in total. The molecule has 0 amide bonds. The zero-order valence-electron chi connectivity index (χ0n) is 14.4. The van der Waals surface area contributed by atoms with E-state index in [0.717, 1.165) is 0 Å². The Hall–Kier alpha value is -1.51. The predicted molar refractivity (Wildman–Crippen MR) is 90.6 cm³/mol.